The molecule has 0 aromatic heterocycles. The van der Waals surface area contributed by atoms with Crippen LogP contribution >= 0.6 is 0 Å². The van der Waals surface area contributed by atoms with Crippen LogP contribution in [0.4, 0.5) is 9.59 Å². The summed E-state index contributed by atoms with van der Waals surface area (Å²) < 4.78 is 5.09. The van der Waals surface area contributed by atoms with Gasteiger partial charge in [-0.15, -0.1) is 0 Å². The van der Waals surface area contributed by atoms with E-state index in [1.165, 1.54) is 4.90 Å². The highest BCUT2D eigenvalue weighted by Crippen LogP contribution is 2.21. The van der Waals surface area contributed by atoms with Crippen LogP contribution in [0.5, 0.6) is 0 Å². The molecule has 0 bridgehead atoms. The number of nitrogens with zero attached hydrogens (tertiary/aromatic N) is 1. The van der Waals surface area contributed by atoms with Crippen molar-refractivity contribution in [1.29, 1.82) is 0 Å². The minimum absolute atomic E-state index is 0.120. The highest BCUT2D eigenvalue weighted by molar-refractivity contribution is 6.95. The number of carbonyl (C=O) groups excluding carboxylic acids is 2. The molecule has 0 saturated heterocycles. The lowest BCUT2D eigenvalue weighted by Crippen LogP contribution is -2.35. The van der Waals surface area contributed by atoms with Gasteiger partial charge in [0.25, 0.3) is 5.87 Å². The lowest BCUT2D eigenvalue weighted by molar-refractivity contribution is 0.0595. The molecule has 1 radical (unpaired) electrons. The van der Waals surface area contributed by atoms with Crippen LogP contribution in [0.25, 0.3) is 0 Å². The van der Waals surface area contributed by atoms with Crippen LogP contribution in [0.1, 0.15) is 27.7 Å². The Hall–Kier alpha value is -0.995. The summed E-state index contributed by atoms with van der Waals surface area (Å²) in [6.45, 7) is 7.72. The molecular formula is C10H19BNO3. The molecule has 0 N–H and O–H groups in total. The van der Waals surface area contributed by atoms with Crippen molar-refractivity contribution < 1.29 is 14.3 Å². The zero-order chi connectivity index (χ0) is 12.2. The molecule has 0 aliphatic heterocycles. The third-order valence-corrected chi connectivity index (χ3v) is 2.19. The van der Waals surface area contributed by atoms with Crippen LogP contribution in [0.15, 0.2) is 0 Å². The first-order valence-electron chi connectivity index (χ1n) is 4.91. The Morgan fingerprint density at radius 1 is 1.27 bits per heavy atom. The Bertz CT molecular complexity index is 246. The Morgan fingerprint density at radius 3 is 2.07 bits per heavy atom. The summed E-state index contributed by atoms with van der Waals surface area (Å²) in [6.07, 6.45) is -0.226. The summed E-state index contributed by atoms with van der Waals surface area (Å²) in [4.78, 5) is 23.8. The number of amides is 1. The number of rotatable bonds is 3. The topological polar surface area (TPSA) is 46.6 Å². The summed E-state index contributed by atoms with van der Waals surface area (Å²) in [5.41, 5.74) is -0.120. The second-order valence-corrected chi connectivity index (χ2v) is 4.82. The van der Waals surface area contributed by atoms with E-state index in [1.807, 2.05) is 27.7 Å². The Morgan fingerprint density at radius 2 is 1.73 bits per heavy atom. The van der Waals surface area contributed by atoms with Gasteiger partial charge in [0.05, 0.1) is 0 Å². The molecule has 0 aliphatic carbocycles. The fourth-order valence-corrected chi connectivity index (χ4v) is 0.615. The Labute approximate surface area is 92.2 Å². The maximum atomic E-state index is 11.3. The average Bonchev–Trinajstić information content (AvgIpc) is 2.01. The van der Waals surface area contributed by atoms with Crippen molar-refractivity contribution in [2.45, 2.75) is 33.8 Å². The van der Waals surface area contributed by atoms with E-state index >= 15 is 0 Å². The van der Waals surface area contributed by atoms with Gasteiger partial charge in [-0.3, -0.25) is 9.59 Å². The Kier molecular flexibility index (Phi) is 4.84. The average molecular weight is 212 g/mol. The van der Waals surface area contributed by atoms with Gasteiger partial charge in [-0.2, -0.15) is 0 Å². The molecule has 0 aliphatic rings. The van der Waals surface area contributed by atoms with Crippen molar-refractivity contribution >= 4 is 19.0 Å². The lowest BCUT2D eigenvalue weighted by Gasteiger charge is -2.27. The van der Waals surface area contributed by atoms with Crippen LogP contribution in [0, 0.1) is 5.41 Å². The maximum absolute atomic E-state index is 11.3. The van der Waals surface area contributed by atoms with Crippen LogP contribution in [0.3, 0.4) is 0 Å². The monoisotopic (exact) mass is 212 g/mol. The summed E-state index contributed by atoms with van der Waals surface area (Å²) >= 11 is 0. The van der Waals surface area contributed by atoms with Gasteiger partial charge in [0.1, 0.15) is 6.10 Å². The van der Waals surface area contributed by atoms with Crippen molar-refractivity contribution in [3.8, 4) is 0 Å². The zero-order valence-corrected chi connectivity index (χ0v) is 10.3. The van der Waals surface area contributed by atoms with Gasteiger partial charge < -0.3 is 9.64 Å². The molecule has 0 saturated carbocycles. The minimum atomic E-state index is -0.587. The largest absolute Gasteiger partial charge is 0.470 e. The van der Waals surface area contributed by atoms with Crippen LogP contribution < -0.4 is 0 Å². The maximum Gasteiger partial charge on any atom is 0.377 e. The molecule has 4 nitrogen and oxygen atoms in total. The molecule has 0 spiro atoms. The quantitative estimate of drug-likeness (QED) is 0.671. The SMILES string of the molecule is CC(OC(=O)[B]C(=O)N(C)C)C(C)(C)C. The summed E-state index contributed by atoms with van der Waals surface area (Å²) in [5.74, 6) is -0.947. The van der Waals surface area contributed by atoms with Crippen LogP contribution in [-0.4, -0.2) is 44.1 Å². The predicted molar refractivity (Wildman–Crippen MR) is 60.2 cm³/mol. The fraction of sp³-hybridized carbons (Fsp3) is 0.800. The molecule has 1 amide bonds. The molecule has 0 heterocycles. The van der Waals surface area contributed by atoms with E-state index in [2.05, 4.69) is 0 Å². The van der Waals surface area contributed by atoms with E-state index in [0.29, 0.717) is 0 Å². The molecule has 1 unspecified atom stereocenters. The lowest BCUT2D eigenvalue weighted by atomic mass is 9.77. The molecule has 0 aromatic carbocycles. The highest BCUT2D eigenvalue weighted by atomic mass is 16.5. The van der Waals surface area contributed by atoms with E-state index in [-0.39, 0.29) is 17.3 Å². The van der Waals surface area contributed by atoms with Gasteiger partial charge in [-0.25, -0.2) is 0 Å². The molecule has 0 fully saturated rings. The van der Waals surface area contributed by atoms with Crippen molar-refractivity contribution in [3.05, 3.63) is 0 Å². The normalized spacial score (nSPS) is 12.9. The fourth-order valence-electron chi connectivity index (χ4n) is 0.615. The van der Waals surface area contributed by atoms with Gasteiger partial charge >= 0.3 is 7.28 Å². The molecular weight excluding hydrogens is 193 g/mol. The Balaban J connectivity index is 4.11. The molecule has 15 heavy (non-hydrogen) atoms. The van der Waals surface area contributed by atoms with Crippen LogP contribution in [0.2, 0.25) is 0 Å². The van der Waals surface area contributed by atoms with E-state index < -0.39 is 5.87 Å². The third-order valence-electron chi connectivity index (χ3n) is 2.19. The standard InChI is InChI=1S/C10H19BNO3/c1-7(10(2,3)4)15-9(14)11-8(13)12(5)6/h7H,1-6H3. The summed E-state index contributed by atoms with van der Waals surface area (Å²) in [6, 6.07) is 0. The second-order valence-electron chi connectivity index (χ2n) is 4.82. The van der Waals surface area contributed by atoms with Crippen molar-refractivity contribution in [2.24, 2.45) is 5.41 Å². The molecule has 0 rings (SSSR count). The molecule has 85 valence electrons. The summed E-state index contributed by atoms with van der Waals surface area (Å²) in [5, 5.41) is 0. The third kappa shape index (κ3) is 5.45. The van der Waals surface area contributed by atoms with E-state index in [9.17, 15) is 9.59 Å². The first kappa shape index (κ1) is 14.0. The number of carbonyl (C=O) groups is 2. The van der Waals surface area contributed by atoms with E-state index in [0.717, 1.165) is 7.28 Å². The smallest absolute Gasteiger partial charge is 0.377 e. The van der Waals surface area contributed by atoms with E-state index in [1.54, 1.807) is 14.1 Å². The number of hydrogen-bond acceptors (Lipinski definition) is 3. The van der Waals surface area contributed by atoms with Crippen molar-refractivity contribution in [1.82, 2.24) is 4.90 Å². The van der Waals surface area contributed by atoms with Crippen molar-refractivity contribution in [2.75, 3.05) is 14.1 Å². The zero-order valence-electron chi connectivity index (χ0n) is 10.3. The van der Waals surface area contributed by atoms with Gasteiger partial charge in [0, 0.05) is 14.1 Å². The molecule has 1 atom stereocenters. The van der Waals surface area contributed by atoms with Crippen LogP contribution in [-0.2, 0) is 4.74 Å². The van der Waals surface area contributed by atoms with Gasteiger partial charge in [-0.05, 0) is 12.3 Å². The van der Waals surface area contributed by atoms with Crippen molar-refractivity contribution in [3.63, 3.8) is 0 Å². The minimum Gasteiger partial charge on any atom is -0.470 e. The summed E-state index contributed by atoms with van der Waals surface area (Å²) in [7, 11) is 4.13. The molecule has 0 aromatic rings. The van der Waals surface area contributed by atoms with Gasteiger partial charge in [0.2, 0.25) is 0 Å². The number of ether oxygens (including phenoxy) is 1. The molecule has 5 heteroatoms. The van der Waals surface area contributed by atoms with Gasteiger partial charge in [-0.1, -0.05) is 20.8 Å². The predicted octanol–water partition coefficient (Wildman–Crippen LogP) is 1.94. The first-order valence-corrected chi connectivity index (χ1v) is 4.91. The highest BCUT2D eigenvalue weighted by Gasteiger charge is 2.25. The first-order chi connectivity index (χ1) is 6.64. The number of hydrogen-bond donors (Lipinski definition) is 0. The second kappa shape index (κ2) is 5.19. The van der Waals surface area contributed by atoms with Gasteiger partial charge in [0.15, 0.2) is 5.81 Å². The van der Waals surface area contributed by atoms with E-state index in [4.69, 9.17) is 4.74 Å².